The zero-order valence-electron chi connectivity index (χ0n) is 10.5. The third-order valence-corrected chi connectivity index (χ3v) is 2.93. The summed E-state index contributed by atoms with van der Waals surface area (Å²) in [7, 11) is 0. The van der Waals surface area contributed by atoms with Crippen LogP contribution in [0.15, 0.2) is 28.7 Å². The molecule has 0 aliphatic carbocycles. The lowest BCUT2D eigenvalue weighted by Gasteiger charge is -2.15. The number of aryl methyl sites for hydroxylation is 1. The summed E-state index contributed by atoms with van der Waals surface area (Å²) in [5.41, 5.74) is 0.102. The predicted octanol–water partition coefficient (Wildman–Crippen LogP) is 4.84. The molecule has 112 valence electrons. The fourth-order valence-corrected chi connectivity index (χ4v) is 2.11. The number of aromatic nitrogens is 2. The van der Waals surface area contributed by atoms with Crippen LogP contribution in [0.3, 0.4) is 0 Å². The molecule has 0 atom stereocenters. The maximum atomic E-state index is 12.4. The molecule has 0 saturated carbocycles. The first-order valence-electron chi connectivity index (χ1n) is 5.56. The second-order valence-electron chi connectivity index (χ2n) is 3.94. The Morgan fingerprint density at radius 3 is 2.57 bits per heavy atom. The molecule has 0 amide bonds. The van der Waals surface area contributed by atoms with Crippen LogP contribution in [0.4, 0.5) is 24.7 Å². The van der Waals surface area contributed by atoms with E-state index in [4.69, 9.17) is 11.6 Å². The number of nitrogens with zero attached hydrogens (tertiary/aromatic N) is 2. The first-order chi connectivity index (χ1) is 9.73. The molecule has 21 heavy (non-hydrogen) atoms. The normalized spacial score (nSPS) is 11.3. The maximum absolute atomic E-state index is 12.4. The lowest BCUT2D eigenvalue weighted by Crippen LogP contribution is -2.18. The van der Waals surface area contributed by atoms with Gasteiger partial charge in [-0.25, -0.2) is 9.97 Å². The van der Waals surface area contributed by atoms with E-state index in [2.05, 4.69) is 36.0 Å². The zero-order chi connectivity index (χ0) is 15.6. The van der Waals surface area contributed by atoms with Crippen LogP contribution >= 0.6 is 27.5 Å². The second-order valence-corrected chi connectivity index (χ2v) is 5.24. The fraction of sp³-hybridized carbons (Fsp3) is 0.167. The molecule has 1 aromatic carbocycles. The van der Waals surface area contributed by atoms with Crippen molar-refractivity contribution in [1.82, 2.24) is 9.97 Å². The molecule has 9 heteroatoms. The van der Waals surface area contributed by atoms with Crippen LogP contribution < -0.4 is 10.1 Å². The highest BCUT2D eigenvalue weighted by molar-refractivity contribution is 9.10. The van der Waals surface area contributed by atoms with Crippen LogP contribution in [-0.4, -0.2) is 16.3 Å². The molecule has 0 aliphatic heterocycles. The Balaban J connectivity index is 2.34. The molecule has 0 unspecified atom stereocenters. The summed E-state index contributed by atoms with van der Waals surface area (Å²) in [5.74, 6) is 0.270. The van der Waals surface area contributed by atoms with Crippen LogP contribution in [0, 0.1) is 6.92 Å². The number of ether oxygens (including phenoxy) is 1. The number of anilines is 2. The summed E-state index contributed by atoms with van der Waals surface area (Å²) in [5, 5.41) is 2.90. The third kappa shape index (κ3) is 4.75. The minimum absolute atomic E-state index is 0.102. The summed E-state index contributed by atoms with van der Waals surface area (Å²) in [6.07, 6.45) is -4.80. The van der Waals surface area contributed by atoms with Crippen molar-refractivity contribution in [1.29, 1.82) is 0 Å². The first-order valence-corrected chi connectivity index (χ1v) is 6.73. The number of hydrogen-bond donors (Lipinski definition) is 1. The molecule has 4 nitrogen and oxygen atoms in total. The molecule has 0 aliphatic rings. The molecular weight excluding hydrogens is 375 g/mol. The van der Waals surface area contributed by atoms with Crippen LogP contribution in [0.2, 0.25) is 5.15 Å². The Morgan fingerprint density at radius 2 is 1.95 bits per heavy atom. The smallest absolute Gasteiger partial charge is 0.404 e. The highest BCUT2D eigenvalue weighted by Crippen LogP contribution is 2.34. The van der Waals surface area contributed by atoms with E-state index in [1.165, 1.54) is 18.2 Å². The minimum Gasteiger partial charge on any atom is -0.404 e. The highest BCUT2D eigenvalue weighted by Gasteiger charge is 2.32. The number of nitrogens with one attached hydrogen (secondary N) is 1. The third-order valence-electron chi connectivity index (χ3n) is 2.24. The molecule has 0 saturated heterocycles. The monoisotopic (exact) mass is 381 g/mol. The Bertz CT molecular complexity index is 646. The molecule has 0 bridgehead atoms. The first kappa shape index (κ1) is 15.8. The van der Waals surface area contributed by atoms with Crippen molar-refractivity contribution in [3.8, 4) is 5.75 Å². The molecule has 1 aromatic heterocycles. The van der Waals surface area contributed by atoms with Gasteiger partial charge in [-0.2, -0.15) is 0 Å². The molecule has 2 aromatic rings. The average molecular weight is 383 g/mol. The van der Waals surface area contributed by atoms with E-state index >= 15 is 0 Å². The van der Waals surface area contributed by atoms with E-state index in [0.717, 1.165) is 0 Å². The molecular formula is C12H8BrClF3N3O. The second kappa shape index (κ2) is 6.07. The van der Waals surface area contributed by atoms with Crippen molar-refractivity contribution in [2.45, 2.75) is 13.3 Å². The van der Waals surface area contributed by atoms with Crippen LogP contribution in [0.5, 0.6) is 5.75 Å². The van der Waals surface area contributed by atoms with E-state index in [-0.39, 0.29) is 22.4 Å². The van der Waals surface area contributed by atoms with Gasteiger partial charge >= 0.3 is 6.36 Å². The number of rotatable bonds is 3. The van der Waals surface area contributed by atoms with Crippen LogP contribution in [0.25, 0.3) is 0 Å². The molecule has 0 spiro atoms. The number of alkyl halides is 3. The van der Waals surface area contributed by atoms with E-state index in [1.54, 1.807) is 13.0 Å². The van der Waals surface area contributed by atoms with Crippen LogP contribution in [0.1, 0.15) is 5.82 Å². The van der Waals surface area contributed by atoms with Crippen molar-refractivity contribution < 1.29 is 17.9 Å². The van der Waals surface area contributed by atoms with Gasteiger partial charge in [0.2, 0.25) is 0 Å². The Kier molecular flexibility index (Phi) is 4.58. The fourth-order valence-electron chi connectivity index (χ4n) is 1.54. The van der Waals surface area contributed by atoms with Gasteiger partial charge in [-0.15, -0.1) is 13.2 Å². The minimum atomic E-state index is -4.80. The molecule has 2 rings (SSSR count). The van der Waals surface area contributed by atoms with Crippen molar-refractivity contribution in [2.75, 3.05) is 5.32 Å². The highest BCUT2D eigenvalue weighted by atomic mass is 79.9. The summed E-state index contributed by atoms with van der Waals surface area (Å²) in [4.78, 5) is 7.90. The standard InChI is InChI=1S/C12H8BrClF3N3O/c1-6-18-10(14)5-11(19-6)20-8-3-2-7(13)4-9(8)21-12(15,16)17/h2-5H,1H3,(H,18,19,20). The number of hydrogen-bond acceptors (Lipinski definition) is 4. The van der Waals surface area contributed by atoms with Crippen molar-refractivity contribution in [2.24, 2.45) is 0 Å². The van der Waals surface area contributed by atoms with Gasteiger partial charge in [0.05, 0.1) is 5.69 Å². The van der Waals surface area contributed by atoms with Gasteiger partial charge in [-0.05, 0) is 25.1 Å². The average Bonchev–Trinajstić information content (AvgIpc) is 2.29. The van der Waals surface area contributed by atoms with Gasteiger partial charge in [-0.1, -0.05) is 27.5 Å². The Hall–Kier alpha value is -1.54. The molecule has 1 N–H and O–H groups in total. The Labute approximate surface area is 131 Å². The van der Waals surface area contributed by atoms with Gasteiger partial charge in [0.15, 0.2) is 5.75 Å². The van der Waals surface area contributed by atoms with Crippen molar-refractivity contribution in [3.05, 3.63) is 39.7 Å². The number of halogens is 5. The van der Waals surface area contributed by atoms with Crippen molar-refractivity contribution >= 4 is 39.0 Å². The van der Waals surface area contributed by atoms with E-state index in [9.17, 15) is 13.2 Å². The molecule has 0 fully saturated rings. The van der Waals surface area contributed by atoms with E-state index in [1.807, 2.05) is 0 Å². The predicted molar refractivity (Wildman–Crippen MR) is 75.9 cm³/mol. The number of benzene rings is 1. The molecule has 0 radical (unpaired) electrons. The zero-order valence-corrected chi connectivity index (χ0v) is 12.8. The van der Waals surface area contributed by atoms with Crippen molar-refractivity contribution in [3.63, 3.8) is 0 Å². The van der Waals surface area contributed by atoms with E-state index < -0.39 is 6.36 Å². The van der Waals surface area contributed by atoms with Gasteiger partial charge in [0.1, 0.15) is 16.8 Å². The Morgan fingerprint density at radius 1 is 1.24 bits per heavy atom. The SMILES string of the molecule is Cc1nc(Cl)cc(Nc2ccc(Br)cc2OC(F)(F)F)n1. The lowest BCUT2D eigenvalue weighted by atomic mass is 10.3. The topological polar surface area (TPSA) is 47.0 Å². The van der Waals surface area contributed by atoms with Gasteiger partial charge in [-0.3, -0.25) is 0 Å². The lowest BCUT2D eigenvalue weighted by molar-refractivity contribution is -0.274. The van der Waals surface area contributed by atoms with E-state index in [0.29, 0.717) is 10.3 Å². The quantitative estimate of drug-likeness (QED) is 0.772. The largest absolute Gasteiger partial charge is 0.573 e. The van der Waals surface area contributed by atoms with Crippen LogP contribution in [-0.2, 0) is 0 Å². The van der Waals surface area contributed by atoms with Gasteiger partial charge in [0, 0.05) is 10.5 Å². The summed E-state index contributed by atoms with van der Waals surface area (Å²) in [6, 6.07) is 5.59. The maximum Gasteiger partial charge on any atom is 0.573 e. The van der Waals surface area contributed by atoms with Gasteiger partial charge in [0.25, 0.3) is 0 Å². The molecule has 1 heterocycles. The van der Waals surface area contributed by atoms with Gasteiger partial charge < -0.3 is 10.1 Å². The summed E-state index contributed by atoms with van der Waals surface area (Å²) in [6.45, 7) is 1.62. The summed E-state index contributed by atoms with van der Waals surface area (Å²) < 4.78 is 41.6. The summed E-state index contributed by atoms with van der Waals surface area (Å²) >= 11 is 8.87.